The fourth-order valence-corrected chi connectivity index (χ4v) is 2.55. The van der Waals surface area contributed by atoms with Crippen molar-refractivity contribution in [1.29, 1.82) is 0 Å². The fourth-order valence-electron chi connectivity index (χ4n) is 2.14. The number of aryl methyl sites for hydroxylation is 1. The van der Waals surface area contributed by atoms with E-state index in [9.17, 15) is 0 Å². The minimum atomic E-state index is 0.674. The van der Waals surface area contributed by atoms with E-state index < -0.39 is 0 Å². The quantitative estimate of drug-likeness (QED) is 0.887. The predicted octanol–water partition coefficient (Wildman–Crippen LogP) is 2.60. The Morgan fingerprint density at radius 3 is 3.12 bits per heavy atom. The molecule has 88 valence electrons. The molecule has 1 unspecified atom stereocenters. The molecule has 0 radical (unpaired) electrons. The van der Waals surface area contributed by atoms with Crippen LogP contribution in [-0.4, -0.2) is 19.1 Å². The number of hydrogen-bond donors (Lipinski definition) is 2. The summed E-state index contributed by atoms with van der Waals surface area (Å²) in [5.41, 5.74) is 2.74. The number of halogens is 1. The van der Waals surface area contributed by atoms with Gasteiger partial charge in [0.05, 0.1) is 0 Å². The molecule has 2 nitrogen and oxygen atoms in total. The van der Waals surface area contributed by atoms with Crippen molar-refractivity contribution < 1.29 is 0 Å². The third-order valence-electron chi connectivity index (χ3n) is 3.18. The van der Waals surface area contributed by atoms with Crippen LogP contribution in [0.15, 0.2) is 22.7 Å². The van der Waals surface area contributed by atoms with Crippen molar-refractivity contribution in [3.8, 4) is 0 Å². The number of benzene rings is 1. The van der Waals surface area contributed by atoms with Crippen molar-refractivity contribution >= 4 is 15.9 Å². The van der Waals surface area contributed by atoms with E-state index >= 15 is 0 Å². The van der Waals surface area contributed by atoms with Crippen molar-refractivity contribution in [2.45, 2.75) is 32.4 Å². The molecule has 1 aliphatic heterocycles. The highest BCUT2D eigenvalue weighted by Crippen LogP contribution is 2.15. The molecule has 16 heavy (non-hydrogen) atoms. The Bertz CT molecular complexity index is 346. The van der Waals surface area contributed by atoms with Gasteiger partial charge in [-0.3, -0.25) is 0 Å². The standard InChI is InChI=1S/C13H19BrN2/c1-10-4-5-12(14)7-11(10)8-15-9-13-3-2-6-16-13/h4-5,7,13,15-16H,2-3,6,8-9H2,1H3. The number of hydrogen-bond acceptors (Lipinski definition) is 2. The van der Waals surface area contributed by atoms with Gasteiger partial charge >= 0.3 is 0 Å². The summed E-state index contributed by atoms with van der Waals surface area (Å²) in [6.07, 6.45) is 2.63. The molecule has 0 bridgehead atoms. The van der Waals surface area contributed by atoms with Gasteiger partial charge in [-0.05, 0) is 49.6 Å². The van der Waals surface area contributed by atoms with E-state index in [1.807, 2.05) is 0 Å². The predicted molar refractivity (Wildman–Crippen MR) is 71.6 cm³/mol. The zero-order chi connectivity index (χ0) is 11.4. The second-order valence-electron chi connectivity index (χ2n) is 4.49. The maximum atomic E-state index is 3.53. The van der Waals surface area contributed by atoms with Gasteiger partial charge in [-0.2, -0.15) is 0 Å². The van der Waals surface area contributed by atoms with Crippen LogP contribution in [0.1, 0.15) is 24.0 Å². The van der Waals surface area contributed by atoms with Crippen LogP contribution in [-0.2, 0) is 6.54 Å². The average molecular weight is 283 g/mol. The lowest BCUT2D eigenvalue weighted by atomic mass is 10.1. The number of rotatable bonds is 4. The van der Waals surface area contributed by atoms with Gasteiger partial charge in [0.2, 0.25) is 0 Å². The van der Waals surface area contributed by atoms with Gasteiger partial charge in [-0.25, -0.2) is 0 Å². The third-order valence-corrected chi connectivity index (χ3v) is 3.67. The summed E-state index contributed by atoms with van der Waals surface area (Å²) < 4.78 is 1.16. The lowest BCUT2D eigenvalue weighted by molar-refractivity contribution is 0.535. The Labute approximate surface area is 106 Å². The maximum absolute atomic E-state index is 3.53. The first-order valence-corrected chi connectivity index (χ1v) is 6.74. The van der Waals surface area contributed by atoms with Gasteiger partial charge in [0.25, 0.3) is 0 Å². The zero-order valence-electron chi connectivity index (χ0n) is 9.72. The van der Waals surface area contributed by atoms with E-state index in [1.54, 1.807) is 0 Å². The van der Waals surface area contributed by atoms with Crippen LogP contribution in [0.5, 0.6) is 0 Å². The van der Waals surface area contributed by atoms with Gasteiger partial charge in [-0.15, -0.1) is 0 Å². The molecule has 1 saturated heterocycles. The van der Waals surface area contributed by atoms with Crippen molar-refractivity contribution in [3.05, 3.63) is 33.8 Å². The summed E-state index contributed by atoms with van der Waals surface area (Å²) in [5, 5.41) is 7.03. The molecular formula is C13H19BrN2. The Morgan fingerprint density at radius 1 is 1.50 bits per heavy atom. The highest BCUT2D eigenvalue weighted by Gasteiger charge is 2.12. The first kappa shape index (κ1) is 12.1. The Hall–Kier alpha value is -0.380. The van der Waals surface area contributed by atoms with E-state index in [0.717, 1.165) is 17.6 Å². The second-order valence-corrected chi connectivity index (χ2v) is 5.41. The molecule has 0 spiro atoms. The molecule has 1 atom stereocenters. The van der Waals surface area contributed by atoms with Crippen LogP contribution in [0, 0.1) is 6.92 Å². The summed E-state index contributed by atoms with van der Waals surface area (Å²) in [5.74, 6) is 0. The van der Waals surface area contributed by atoms with Gasteiger partial charge in [0, 0.05) is 23.6 Å². The third kappa shape index (κ3) is 3.30. The maximum Gasteiger partial charge on any atom is 0.0209 e. The Morgan fingerprint density at radius 2 is 2.38 bits per heavy atom. The molecule has 0 saturated carbocycles. The summed E-state index contributed by atoms with van der Waals surface area (Å²) in [4.78, 5) is 0. The summed E-state index contributed by atoms with van der Waals surface area (Å²) in [6.45, 7) is 5.38. The van der Waals surface area contributed by atoms with Crippen molar-refractivity contribution in [3.63, 3.8) is 0 Å². The van der Waals surface area contributed by atoms with Crippen molar-refractivity contribution in [2.24, 2.45) is 0 Å². The summed E-state index contributed by atoms with van der Waals surface area (Å²) >= 11 is 3.51. The van der Waals surface area contributed by atoms with Gasteiger partial charge in [0.1, 0.15) is 0 Å². The number of nitrogens with one attached hydrogen (secondary N) is 2. The van der Waals surface area contributed by atoms with E-state index in [-0.39, 0.29) is 0 Å². The van der Waals surface area contributed by atoms with E-state index in [2.05, 4.69) is 51.7 Å². The van der Waals surface area contributed by atoms with E-state index in [1.165, 1.54) is 30.5 Å². The first-order chi connectivity index (χ1) is 7.75. The lowest BCUT2D eigenvalue weighted by Crippen LogP contribution is -2.33. The normalized spacial score (nSPS) is 20.2. The molecule has 2 rings (SSSR count). The summed E-state index contributed by atoms with van der Waals surface area (Å²) in [7, 11) is 0. The molecule has 1 heterocycles. The molecule has 3 heteroatoms. The Kier molecular flexibility index (Phi) is 4.38. The van der Waals surface area contributed by atoms with Crippen molar-refractivity contribution in [1.82, 2.24) is 10.6 Å². The highest BCUT2D eigenvalue weighted by molar-refractivity contribution is 9.10. The van der Waals surface area contributed by atoms with Crippen LogP contribution >= 0.6 is 15.9 Å². The molecular weight excluding hydrogens is 264 g/mol. The van der Waals surface area contributed by atoms with Gasteiger partial charge in [-0.1, -0.05) is 22.0 Å². The monoisotopic (exact) mass is 282 g/mol. The average Bonchev–Trinajstić information content (AvgIpc) is 2.76. The highest BCUT2D eigenvalue weighted by atomic mass is 79.9. The molecule has 1 aromatic carbocycles. The second kappa shape index (κ2) is 5.80. The molecule has 2 N–H and O–H groups in total. The molecule has 1 fully saturated rings. The van der Waals surface area contributed by atoms with Gasteiger partial charge in [0.15, 0.2) is 0 Å². The van der Waals surface area contributed by atoms with Crippen LogP contribution in [0.25, 0.3) is 0 Å². The lowest BCUT2D eigenvalue weighted by Gasteiger charge is -2.12. The molecule has 1 aliphatic rings. The van der Waals surface area contributed by atoms with Crippen LogP contribution in [0.2, 0.25) is 0 Å². The minimum absolute atomic E-state index is 0.674. The van der Waals surface area contributed by atoms with Crippen molar-refractivity contribution in [2.75, 3.05) is 13.1 Å². The molecule has 1 aromatic rings. The molecule has 0 aliphatic carbocycles. The Balaban J connectivity index is 1.82. The topological polar surface area (TPSA) is 24.1 Å². The smallest absolute Gasteiger partial charge is 0.0209 e. The van der Waals surface area contributed by atoms with Crippen LogP contribution in [0.3, 0.4) is 0 Å². The van der Waals surface area contributed by atoms with E-state index in [4.69, 9.17) is 0 Å². The summed E-state index contributed by atoms with van der Waals surface area (Å²) in [6, 6.07) is 7.13. The fraction of sp³-hybridized carbons (Fsp3) is 0.538. The van der Waals surface area contributed by atoms with E-state index in [0.29, 0.717) is 6.04 Å². The first-order valence-electron chi connectivity index (χ1n) is 5.95. The zero-order valence-corrected chi connectivity index (χ0v) is 11.3. The van der Waals surface area contributed by atoms with Crippen LogP contribution in [0.4, 0.5) is 0 Å². The molecule has 0 amide bonds. The van der Waals surface area contributed by atoms with Crippen LogP contribution < -0.4 is 10.6 Å². The van der Waals surface area contributed by atoms with Gasteiger partial charge < -0.3 is 10.6 Å². The largest absolute Gasteiger partial charge is 0.313 e. The minimum Gasteiger partial charge on any atom is -0.313 e. The molecule has 0 aromatic heterocycles. The SMILES string of the molecule is Cc1ccc(Br)cc1CNCC1CCCN1.